The highest BCUT2D eigenvalue weighted by Gasteiger charge is 2.04. The Morgan fingerprint density at radius 2 is 2.00 bits per heavy atom. The maximum absolute atomic E-state index is 11.5. The summed E-state index contributed by atoms with van der Waals surface area (Å²) in [6.45, 7) is 1.85. The normalized spacial score (nSPS) is 14.0. The molecule has 1 aromatic carbocycles. The van der Waals surface area contributed by atoms with Gasteiger partial charge in [0.1, 0.15) is 0 Å². The number of nitrogens with one attached hydrogen (secondary N) is 1. The molecule has 4 nitrogen and oxygen atoms in total. The molecule has 0 fully saturated rings. The second-order valence-electron chi connectivity index (χ2n) is 3.79. The molecule has 1 rings (SSSR count). The number of aliphatic hydroxyl groups excluding tert-OH is 1. The maximum atomic E-state index is 11.5. The minimum atomic E-state index is -3.42. The van der Waals surface area contributed by atoms with E-state index in [1.54, 1.807) is 6.92 Å². The Hall–Kier alpha value is -1.17. The first-order chi connectivity index (χ1) is 7.99. The molecule has 1 unspecified atom stereocenters. The van der Waals surface area contributed by atoms with Gasteiger partial charge in [-0.2, -0.15) is 0 Å². The second-order valence-corrected chi connectivity index (χ2v) is 5.44. The first kappa shape index (κ1) is 13.9. The minimum absolute atomic E-state index is 0.235. The molecule has 0 aliphatic rings. The van der Waals surface area contributed by atoms with E-state index in [1.165, 1.54) is 6.08 Å². The van der Waals surface area contributed by atoms with Crippen LogP contribution in [0.1, 0.15) is 18.9 Å². The summed E-state index contributed by atoms with van der Waals surface area (Å²) in [5.41, 5.74) is 0.827. The van der Waals surface area contributed by atoms with Gasteiger partial charge in [-0.1, -0.05) is 30.3 Å². The smallest absolute Gasteiger partial charge is 0.233 e. The fraction of sp³-hybridized carbons (Fsp3) is 0.333. The Balaban J connectivity index is 2.52. The lowest BCUT2D eigenvalue weighted by molar-refractivity contribution is 0.186. The Bertz CT molecular complexity index is 452. The average molecular weight is 255 g/mol. The lowest BCUT2D eigenvalue weighted by atomic mass is 10.2. The summed E-state index contributed by atoms with van der Waals surface area (Å²) in [4.78, 5) is 0. The van der Waals surface area contributed by atoms with Crippen molar-refractivity contribution in [2.75, 3.05) is 6.54 Å². The third-order valence-electron chi connectivity index (χ3n) is 2.10. The van der Waals surface area contributed by atoms with Crippen molar-refractivity contribution in [2.24, 2.45) is 0 Å². The van der Waals surface area contributed by atoms with Crippen LogP contribution in [0.2, 0.25) is 0 Å². The van der Waals surface area contributed by atoms with Gasteiger partial charge >= 0.3 is 0 Å². The molecule has 0 aliphatic carbocycles. The van der Waals surface area contributed by atoms with E-state index >= 15 is 0 Å². The molecule has 1 aromatic rings. The van der Waals surface area contributed by atoms with Crippen LogP contribution in [-0.4, -0.2) is 26.2 Å². The lowest BCUT2D eigenvalue weighted by Gasteiger charge is -2.04. The van der Waals surface area contributed by atoms with E-state index in [1.807, 2.05) is 30.3 Å². The van der Waals surface area contributed by atoms with Gasteiger partial charge in [-0.25, -0.2) is 13.1 Å². The maximum Gasteiger partial charge on any atom is 0.233 e. The predicted octanol–water partition coefficient (Wildman–Crippen LogP) is 1.35. The summed E-state index contributed by atoms with van der Waals surface area (Å²) in [6, 6.07) is 9.19. The summed E-state index contributed by atoms with van der Waals surface area (Å²) in [6.07, 6.45) is 1.43. The number of rotatable bonds is 6. The highest BCUT2D eigenvalue weighted by atomic mass is 32.2. The van der Waals surface area contributed by atoms with Crippen LogP contribution in [0.25, 0.3) is 6.08 Å². The standard InChI is InChI=1S/C12H17NO3S/c1-11(14)7-9-13-17(15,16)10-8-12-5-3-2-4-6-12/h2-6,8,10-11,13-14H,7,9H2,1H3. The zero-order valence-electron chi connectivity index (χ0n) is 9.70. The molecule has 0 saturated heterocycles. The van der Waals surface area contributed by atoms with Crippen molar-refractivity contribution in [1.29, 1.82) is 0 Å². The average Bonchev–Trinajstić information content (AvgIpc) is 2.27. The molecule has 5 heteroatoms. The Morgan fingerprint density at radius 1 is 1.35 bits per heavy atom. The molecule has 0 radical (unpaired) electrons. The SMILES string of the molecule is CC(O)CCNS(=O)(=O)C=Cc1ccccc1. The molecule has 0 bridgehead atoms. The van der Waals surface area contributed by atoms with Crippen molar-refractivity contribution < 1.29 is 13.5 Å². The third kappa shape index (κ3) is 6.21. The molecule has 1 atom stereocenters. The van der Waals surface area contributed by atoms with Crippen molar-refractivity contribution in [2.45, 2.75) is 19.4 Å². The highest BCUT2D eigenvalue weighted by molar-refractivity contribution is 7.92. The van der Waals surface area contributed by atoms with Gasteiger partial charge in [-0.15, -0.1) is 0 Å². The molecule has 94 valence electrons. The summed E-state index contributed by atoms with van der Waals surface area (Å²) in [5.74, 6) is 0. The predicted molar refractivity (Wildman–Crippen MR) is 68.7 cm³/mol. The minimum Gasteiger partial charge on any atom is -0.393 e. The number of sulfonamides is 1. The fourth-order valence-corrected chi connectivity index (χ4v) is 2.03. The molecule has 0 aromatic heterocycles. The molecule has 0 spiro atoms. The Morgan fingerprint density at radius 3 is 2.59 bits per heavy atom. The third-order valence-corrected chi connectivity index (χ3v) is 3.21. The van der Waals surface area contributed by atoms with Crippen molar-refractivity contribution >= 4 is 16.1 Å². The van der Waals surface area contributed by atoms with Crippen molar-refractivity contribution in [3.8, 4) is 0 Å². The van der Waals surface area contributed by atoms with Crippen molar-refractivity contribution in [1.82, 2.24) is 4.72 Å². The summed E-state index contributed by atoms with van der Waals surface area (Å²) < 4.78 is 25.4. The molecule has 0 heterocycles. The summed E-state index contributed by atoms with van der Waals surface area (Å²) >= 11 is 0. The highest BCUT2D eigenvalue weighted by Crippen LogP contribution is 2.02. The fourth-order valence-electron chi connectivity index (χ4n) is 1.19. The molecule has 0 saturated carbocycles. The van der Waals surface area contributed by atoms with Gasteiger partial charge in [-0.3, -0.25) is 0 Å². The van der Waals surface area contributed by atoms with E-state index in [2.05, 4.69) is 4.72 Å². The van der Waals surface area contributed by atoms with E-state index in [9.17, 15) is 8.42 Å². The van der Waals surface area contributed by atoms with Crippen LogP contribution in [0.4, 0.5) is 0 Å². The van der Waals surface area contributed by atoms with Gasteiger partial charge in [0.25, 0.3) is 0 Å². The molecule has 0 aliphatic heterocycles. The first-order valence-electron chi connectivity index (χ1n) is 5.40. The van der Waals surface area contributed by atoms with Crippen LogP contribution in [0.15, 0.2) is 35.7 Å². The van der Waals surface area contributed by atoms with Crippen LogP contribution in [0.5, 0.6) is 0 Å². The molecular formula is C12H17NO3S. The molecule has 17 heavy (non-hydrogen) atoms. The monoisotopic (exact) mass is 255 g/mol. The number of aliphatic hydroxyl groups is 1. The Labute approximate surface area is 102 Å². The van der Waals surface area contributed by atoms with Gasteiger partial charge in [-0.05, 0) is 25.0 Å². The van der Waals surface area contributed by atoms with E-state index in [-0.39, 0.29) is 6.54 Å². The van der Waals surface area contributed by atoms with E-state index in [0.29, 0.717) is 6.42 Å². The van der Waals surface area contributed by atoms with Gasteiger partial charge < -0.3 is 5.11 Å². The zero-order valence-corrected chi connectivity index (χ0v) is 10.5. The van der Waals surface area contributed by atoms with E-state index in [0.717, 1.165) is 11.0 Å². The Kier molecular flexibility index (Phi) is 5.34. The van der Waals surface area contributed by atoms with Gasteiger partial charge in [0.15, 0.2) is 0 Å². The number of benzene rings is 1. The quantitative estimate of drug-likeness (QED) is 0.806. The van der Waals surface area contributed by atoms with Gasteiger partial charge in [0.2, 0.25) is 10.0 Å². The van der Waals surface area contributed by atoms with Crippen LogP contribution in [-0.2, 0) is 10.0 Å². The second kappa shape index (κ2) is 6.54. The topological polar surface area (TPSA) is 66.4 Å². The van der Waals surface area contributed by atoms with Crippen LogP contribution < -0.4 is 4.72 Å². The number of hydrogen-bond acceptors (Lipinski definition) is 3. The summed E-state index contributed by atoms with van der Waals surface area (Å²) in [7, 11) is -3.42. The van der Waals surface area contributed by atoms with Crippen LogP contribution >= 0.6 is 0 Å². The van der Waals surface area contributed by atoms with Gasteiger partial charge in [0.05, 0.1) is 6.10 Å². The summed E-state index contributed by atoms with van der Waals surface area (Å²) in [5, 5.41) is 10.1. The van der Waals surface area contributed by atoms with E-state index < -0.39 is 16.1 Å². The molecular weight excluding hydrogens is 238 g/mol. The van der Waals surface area contributed by atoms with Gasteiger partial charge in [0, 0.05) is 12.0 Å². The lowest BCUT2D eigenvalue weighted by Crippen LogP contribution is -2.24. The molecule has 0 amide bonds. The van der Waals surface area contributed by atoms with E-state index in [4.69, 9.17) is 5.11 Å². The van der Waals surface area contributed by atoms with Crippen LogP contribution in [0.3, 0.4) is 0 Å². The van der Waals surface area contributed by atoms with Crippen LogP contribution in [0, 0.1) is 0 Å². The zero-order chi connectivity index (χ0) is 12.7. The van der Waals surface area contributed by atoms with Crippen molar-refractivity contribution in [3.05, 3.63) is 41.3 Å². The van der Waals surface area contributed by atoms with Crippen molar-refractivity contribution in [3.63, 3.8) is 0 Å². The first-order valence-corrected chi connectivity index (χ1v) is 6.95. The molecule has 2 N–H and O–H groups in total. The largest absolute Gasteiger partial charge is 0.393 e. The number of hydrogen-bond donors (Lipinski definition) is 2.